The van der Waals surface area contributed by atoms with Crippen LogP contribution >= 0.6 is 0 Å². The molecule has 1 rings (SSSR count). The monoisotopic (exact) mass is 235 g/mol. The standard InChI is InChI=1S/C14H21NO2/c1-2-3-5-12-6-8-13(9-7-12)14(17)15-10-4-11-16/h6-9,16H,2-5,10-11H2,1H3,(H,15,17). The molecular formula is C14H21NO2. The van der Waals surface area contributed by atoms with Crippen molar-refractivity contribution in [3.8, 4) is 0 Å². The molecule has 94 valence electrons. The molecule has 3 heteroatoms. The van der Waals surface area contributed by atoms with Crippen molar-refractivity contribution >= 4 is 5.91 Å². The van der Waals surface area contributed by atoms with Crippen molar-refractivity contribution in [1.29, 1.82) is 0 Å². The summed E-state index contributed by atoms with van der Waals surface area (Å²) >= 11 is 0. The maximum atomic E-state index is 11.7. The summed E-state index contributed by atoms with van der Waals surface area (Å²) in [7, 11) is 0. The van der Waals surface area contributed by atoms with E-state index in [0.717, 1.165) is 6.42 Å². The molecule has 0 atom stereocenters. The number of rotatable bonds is 7. The molecule has 17 heavy (non-hydrogen) atoms. The molecule has 0 aromatic heterocycles. The van der Waals surface area contributed by atoms with Gasteiger partial charge in [-0.1, -0.05) is 25.5 Å². The lowest BCUT2D eigenvalue weighted by atomic mass is 10.1. The smallest absolute Gasteiger partial charge is 0.251 e. The Labute approximate surface area is 103 Å². The van der Waals surface area contributed by atoms with Crippen LogP contribution in [0.1, 0.15) is 42.1 Å². The summed E-state index contributed by atoms with van der Waals surface area (Å²) in [5, 5.41) is 11.4. The molecule has 1 aromatic rings. The first-order valence-electron chi connectivity index (χ1n) is 6.26. The fourth-order valence-corrected chi connectivity index (χ4v) is 1.59. The summed E-state index contributed by atoms with van der Waals surface area (Å²) in [4.78, 5) is 11.7. The van der Waals surface area contributed by atoms with Crippen LogP contribution in [0.3, 0.4) is 0 Å². The number of benzene rings is 1. The normalized spacial score (nSPS) is 10.2. The number of nitrogens with one attached hydrogen (secondary N) is 1. The van der Waals surface area contributed by atoms with E-state index in [-0.39, 0.29) is 12.5 Å². The van der Waals surface area contributed by atoms with E-state index < -0.39 is 0 Å². The van der Waals surface area contributed by atoms with Crippen LogP contribution < -0.4 is 5.32 Å². The second kappa shape index (κ2) is 7.85. The van der Waals surface area contributed by atoms with Crippen molar-refractivity contribution in [3.05, 3.63) is 35.4 Å². The van der Waals surface area contributed by atoms with E-state index in [2.05, 4.69) is 12.2 Å². The third-order valence-electron chi connectivity index (χ3n) is 2.66. The minimum absolute atomic E-state index is 0.0690. The number of carbonyl (C=O) groups is 1. The summed E-state index contributed by atoms with van der Waals surface area (Å²) in [6.45, 7) is 2.80. The summed E-state index contributed by atoms with van der Waals surface area (Å²) < 4.78 is 0. The largest absolute Gasteiger partial charge is 0.396 e. The molecule has 0 fully saturated rings. The predicted molar refractivity (Wildman–Crippen MR) is 69.1 cm³/mol. The highest BCUT2D eigenvalue weighted by molar-refractivity contribution is 5.94. The van der Waals surface area contributed by atoms with Crippen LogP contribution in [0.15, 0.2) is 24.3 Å². The van der Waals surface area contributed by atoms with Gasteiger partial charge in [0.1, 0.15) is 0 Å². The lowest BCUT2D eigenvalue weighted by Gasteiger charge is -2.05. The van der Waals surface area contributed by atoms with Gasteiger partial charge in [0.05, 0.1) is 0 Å². The van der Waals surface area contributed by atoms with Crippen molar-refractivity contribution in [1.82, 2.24) is 5.32 Å². The highest BCUT2D eigenvalue weighted by Crippen LogP contribution is 2.07. The van der Waals surface area contributed by atoms with Crippen molar-refractivity contribution < 1.29 is 9.90 Å². The van der Waals surface area contributed by atoms with Gasteiger partial charge in [-0.05, 0) is 37.0 Å². The van der Waals surface area contributed by atoms with E-state index >= 15 is 0 Å². The molecule has 0 aliphatic heterocycles. The Morgan fingerprint density at radius 2 is 1.94 bits per heavy atom. The molecule has 0 aliphatic rings. The number of aryl methyl sites for hydroxylation is 1. The zero-order chi connectivity index (χ0) is 12.5. The Kier molecular flexibility index (Phi) is 6.33. The van der Waals surface area contributed by atoms with E-state index in [1.165, 1.54) is 18.4 Å². The van der Waals surface area contributed by atoms with E-state index in [1.807, 2.05) is 24.3 Å². The quantitative estimate of drug-likeness (QED) is 0.711. The Balaban J connectivity index is 2.46. The van der Waals surface area contributed by atoms with Gasteiger partial charge >= 0.3 is 0 Å². The van der Waals surface area contributed by atoms with Gasteiger partial charge < -0.3 is 10.4 Å². The summed E-state index contributed by atoms with van der Waals surface area (Å²) in [6.07, 6.45) is 4.04. The van der Waals surface area contributed by atoms with Gasteiger partial charge in [0.2, 0.25) is 0 Å². The van der Waals surface area contributed by atoms with E-state index in [0.29, 0.717) is 18.5 Å². The van der Waals surface area contributed by atoms with Gasteiger partial charge in [-0.25, -0.2) is 0 Å². The van der Waals surface area contributed by atoms with Crippen LogP contribution in [0.5, 0.6) is 0 Å². The first-order chi connectivity index (χ1) is 8.27. The van der Waals surface area contributed by atoms with Gasteiger partial charge in [-0.15, -0.1) is 0 Å². The second-order valence-corrected chi connectivity index (χ2v) is 4.13. The van der Waals surface area contributed by atoms with Crippen LogP contribution in [0.25, 0.3) is 0 Å². The first kappa shape index (κ1) is 13.7. The van der Waals surface area contributed by atoms with Crippen LogP contribution in [0.4, 0.5) is 0 Å². The number of hydrogen-bond acceptors (Lipinski definition) is 2. The molecule has 1 amide bonds. The molecule has 0 radical (unpaired) electrons. The minimum atomic E-state index is -0.0690. The number of carbonyl (C=O) groups excluding carboxylic acids is 1. The maximum absolute atomic E-state index is 11.7. The Morgan fingerprint density at radius 1 is 1.24 bits per heavy atom. The number of aliphatic hydroxyl groups excluding tert-OH is 1. The zero-order valence-corrected chi connectivity index (χ0v) is 10.4. The number of hydrogen-bond donors (Lipinski definition) is 2. The van der Waals surface area contributed by atoms with Crippen molar-refractivity contribution in [2.45, 2.75) is 32.6 Å². The summed E-state index contributed by atoms with van der Waals surface area (Å²) in [5.74, 6) is -0.0690. The van der Waals surface area contributed by atoms with E-state index in [4.69, 9.17) is 5.11 Å². The minimum Gasteiger partial charge on any atom is -0.396 e. The lowest BCUT2D eigenvalue weighted by Crippen LogP contribution is -2.24. The molecule has 1 aromatic carbocycles. The first-order valence-corrected chi connectivity index (χ1v) is 6.26. The Hall–Kier alpha value is -1.35. The van der Waals surface area contributed by atoms with Gasteiger partial charge in [0.25, 0.3) is 5.91 Å². The number of unbranched alkanes of at least 4 members (excludes halogenated alkanes) is 1. The second-order valence-electron chi connectivity index (χ2n) is 4.13. The molecule has 0 saturated carbocycles. The fraction of sp³-hybridized carbons (Fsp3) is 0.500. The third-order valence-corrected chi connectivity index (χ3v) is 2.66. The molecule has 3 nitrogen and oxygen atoms in total. The predicted octanol–water partition coefficient (Wildman–Crippen LogP) is 2.14. The van der Waals surface area contributed by atoms with Crippen LogP contribution in [-0.2, 0) is 6.42 Å². The number of amides is 1. The Bertz CT molecular complexity index is 333. The third kappa shape index (κ3) is 5.00. The van der Waals surface area contributed by atoms with E-state index in [1.54, 1.807) is 0 Å². The highest BCUT2D eigenvalue weighted by Gasteiger charge is 2.03. The molecule has 0 unspecified atom stereocenters. The van der Waals surface area contributed by atoms with E-state index in [9.17, 15) is 4.79 Å². The van der Waals surface area contributed by atoms with Crippen molar-refractivity contribution in [3.63, 3.8) is 0 Å². The molecule has 0 bridgehead atoms. The summed E-state index contributed by atoms with van der Waals surface area (Å²) in [6, 6.07) is 7.74. The lowest BCUT2D eigenvalue weighted by molar-refractivity contribution is 0.0951. The number of aliphatic hydroxyl groups is 1. The topological polar surface area (TPSA) is 49.3 Å². The summed E-state index contributed by atoms with van der Waals surface area (Å²) in [5.41, 5.74) is 1.96. The van der Waals surface area contributed by atoms with Crippen molar-refractivity contribution in [2.24, 2.45) is 0 Å². The maximum Gasteiger partial charge on any atom is 0.251 e. The Morgan fingerprint density at radius 3 is 2.53 bits per heavy atom. The molecular weight excluding hydrogens is 214 g/mol. The molecule has 0 spiro atoms. The van der Waals surface area contributed by atoms with Gasteiger partial charge in [0.15, 0.2) is 0 Å². The zero-order valence-electron chi connectivity index (χ0n) is 10.4. The van der Waals surface area contributed by atoms with Gasteiger partial charge in [-0.2, -0.15) is 0 Å². The molecule has 0 aliphatic carbocycles. The average Bonchev–Trinajstić information content (AvgIpc) is 2.37. The van der Waals surface area contributed by atoms with Crippen LogP contribution in [-0.4, -0.2) is 24.2 Å². The highest BCUT2D eigenvalue weighted by atomic mass is 16.3. The average molecular weight is 235 g/mol. The fourth-order valence-electron chi connectivity index (χ4n) is 1.59. The van der Waals surface area contributed by atoms with Gasteiger partial charge in [-0.3, -0.25) is 4.79 Å². The molecule has 0 saturated heterocycles. The van der Waals surface area contributed by atoms with Gasteiger partial charge in [0, 0.05) is 18.7 Å². The SMILES string of the molecule is CCCCc1ccc(C(=O)NCCCO)cc1. The van der Waals surface area contributed by atoms with Crippen LogP contribution in [0.2, 0.25) is 0 Å². The van der Waals surface area contributed by atoms with Crippen LogP contribution in [0, 0.1) is 0 Å². The van der Waals surface area contributed by atoms with Crippen molar-refractivity contribution in [2.75, 3.05) is 13.2 Å². The molecule has 0 heterocycles. The molecule has 2 N–H and O–H groups in total.